The number of nitrogens with zero attached hydrogens (tertiary/aromatic N) is 3. The van der Waals surface area contributed by atoms with Crippen molar-refractivity contribution in [2.75, 3.05) is 6.54 Å². The third-order valence-corrected chi connectivity index (χ3v) is 3.69. The topological polar surface area (TPSA) is 29.0 Å². The van der Waals surface area contributed by atoms with Gasteiger partial charge in [-0.15, -0.1) is 0 Å². The second kappa shape index (κ2) is 5.27. The summed E-state index contributed by atoms with van der Waals surface area (Å²) in [5.41, 5.74) is 3.64. The Balaban J connectivity index is 1.80. The lowest BCUT2D eigenvalue weighted by Gasteiger charge is -2.32. The fourth-order valence-electron chi connectivity index (χ4n) is 2.69. The highest BCUT2D eigenvalue weighted by atomic mass is 35.5. The zero-order valence-corrected chi connectivity index (χ0v) is 11.6. The van der Waals surface area contributed by atoms with Crippen LogP contribution in [0.3, 0.4) is 0 Å². The number of hydrogen-bond acceptors (Lipinski definition) is 3. The van der Waals surface area contributed by atoms with Crippen molar-refractivity contribution < 1.29 is 0 Å². The van der Waals surface area contributed by atoms with Gasteiger partial charge in [0.1, 0.15) is 0 Å². The Bertz CT molecular complexity index is 571. The summed E-state index contributed by atoms with van der Waals surface area (Å²) in [6, 6.07) is 10.5. The second-order valence-corrected chi connectivity index (χ2v) is 5.44. The Labute approximate surface area is 118 Å². The number of benzene rings is 1. The summed E-state index contributed by atoms with van der Waals surface area (Å²) in [6.45, 7) is 5.06. The molecule has 4 heteroatoms. The van der Waals surface area contributed by atoms with Gasteiger partial charge in [-0.05, 0) is 17.2 Å². The second-order valence-electron chi connectivity index (χ2n) is 5.11. The van der Waals surface area contributed by atoms with Crippen molar-refractivity contribution in [1.82, 2.24) is 14.9 Å². The predicted octanol–water partition coefficient (Wildman–Crippen LogP) is 3.25. The van der Waals surface area contributed by atoms with E-state index in [1.54, 1.807) is 0 Å². The van der Waals surface area contributed by atoms with Crippen LogP contribution in [0.1, 0.15) is 29.7 Å². The van der Waals surface area contributed by atoms with Gasteiger partial charge in [0.15, 0.2) is 0 Å². The molecule has 0 bridgehead atoms. The van der Waals surface area contributed by atoms with Crippen LogP contribution >= 0.6 is 11.6 Å². The Morgan fingerprint density at radius 2 is 2.11 bits per heavy atom. The lowest BCUT2D eigenvalue weighted by Crippen LogP contribution is -2.33. The average molecular weight is 274 g/mol. The average Bonchev–Trinajstić information content (AvgIpc) is 2.41. The molecule has 1 unspecified atom stereocenters. The largest absolute Gasteiger partial charge is 0.294 e. The zero-order chi connectivity index (χ0) is 13.2. The van der Waals surface area contributed by atoms with E-state index in [0.29, 0.717) is 11.2 Å². The van der Waals surface area contributed by atoms with E-state index < -0.39 is 0 Å². The molecule has 1 aromatic heterocycles. The van der Waals surface area contributed by atoms with Gasteiger partial charge >= 0.3 is 0 Å². The molecule has 1 aromatic carbocycles. The van der Waals surface area contributed by atoms with E-state index in [-0.39, 0.29) is 0 Å². The summed E-state index contributed by atoms with van der Waals surface area (Å²) in [4.78, 5) is 10.9. The van der Waals surface area contributed by atoms with Gasteiger partial charge in [0.2, 0.25) is 5.28 Å². The first-order valence-corrected chi connectivity index (χ1v) is 6.88. The highest BCUT2D eigenvalue weighted by Crippen LogP contribution is 2.27. The van der Waals surface area contributed by atoms with Gasteiger partial charge in [0, 0.05) is 37.3 Å². The Morgan fingerprint density at radius 1 is 1.32 bits per heavy atom. The molecule has 0 fully saturated rings. The third-order valence-electron chi connectivity index (χ3n) is 3.51. The summed E-state index contributed by atoms with van der Waals surface area (Å²) in [5.74, 6) is 0.396. The Hall–Kier alpha value is -1.45. The van der Waals surface area contributed by atoms with E-state index in [0.717, 1.165) is 25.3 Å². The molecule has 0 radical (unpaired) electrons. The minimum Gasteiger partial charge on any atom is -0.294 e. The van der Waals surface area contributed by atoms with Gasteiger partial charge in [0.05, 0.1) is 5.69 Å². The maximum Gasteiger partial charge on any atom is 0.222 e. The SMILES string of the molecule is CC1CN(Cc2ccccc2)Cc2cnc(Cl)nc21. The van der Waals surface area contributed by atoms with E-state index in [9.17, 15) is 0 Å². The molecule has 1 aliphatic heterocycles. The number of aromatic nitrogens is 2. The lowest BCUT2D eigenvalue weighted by molar-refractivity contribution is 0.223. The first-order chi connectivity index (χ1) is 9.22. The molecule has 2 heterocycles. The molecule has 0 amide bonds. The summed E-state index contributed by atoms with van der Waals surface area (Å²) in [5, 5.41) is 0.349. The fraction of sp³-hybridized carbons (Fsp3) is 0.333. The summed E-state index contributed by atoms with van der Waals surface area (Å²) < 4.78 is 0. The van der Waals surface area contributed by atoms with E-state index in [1.807, 2.05) is 12.3 Å². The minimum atomic E-state index is 0.349. The van der Waals surface area contributed by atoms with Crippen molar-refractivity contribution in [3.63, 3.8) is 0 Å². The van der Waals surface area contributed by atoms with Crippen LogP contribution in [0.2, 0.25) is 5.28 Å². The van der Waals surface area contributed by atoms with E-state index in [2.05, 4.69) is 46.1 Å². The van der Waals surface area contributed by atoms with Crippen molar-refractivity contribution in [3.05, 3.63) is 58.6 Å². The number of hydrogen-bond donors (Lipinski definition) is 0. The van der Waals surface area contributed by atoms with E-state index >= 15 is 0 Å². The van der Waals surface area contributed by atoms with Crippen molar-refractivity contribution in [2.45, 2.75) is 25.9 Å². The van der Waals surface area contributed by atoms with Crippen molar-refractivity contribution in [2.24, 2.45) is 0 Å². The number of halogens is 1. The number of fused-ring (bicyclic) bond motifs is 1. The van der Waals surface area contributed by atoms with Crippen LogP contribution in [0.15, 0.2) is 36.5 Å². The summed E-state index contributed by atoms with van der Waals surface area (Å²) in [6.07, 6.45) is 1.86. The fourth-order valence-corrected chi connectivity index (χ4v) is 2.83. The van der Waals surface area contributed by atoms with E-state index in [1.165, 1.54) is 11.1 Å². The highest BCUT2D eigenvalue weighted by Gasteiger charge is 2.24. The molecule has 19 heavy (non-hydrogen) atoms. The molecule has 98 valence electrons. The van der Waals surface area contributed by atoms with Crippen LogP contribution in [0.5, 0.6) is 0 Å². The monoisotopic (exact) mass is 273 g/mol. The third kappa shape index (κ3) is 2.77. The van der Waals surface area contributed by atoms with Gasteiger partial charge < -0.3 is 0 Å². The molecular formula is C15H16ClN3. The molecule has 1 atom stereocenters. The van der Waals surface area contributed by atoms with Crippen molar-refractivity contribution >= 4 is 11.6 Å². The quantitative estimate of drug-likeness (QED) is 0.787. The van der Waals surface area contributed by atoms with Gasteiger partial charge in [-0.25, -0.2) is 9.97 Å². The molecule has 3 nitrogen and oxygen atoms in total. The lowest BCUT2D eigenvalue weighted by atomic mass is 9.97. The van der Waals surface area contributed by atoms with Gasteiger partial charge in [-0.2, -0.15) is 0 Å². The molecular weight excluding hydrogens is 258 g/mol. The Morgan fingerprint density at radius 3 is 2.89 bits per heavy atom. The molecule has 0 spiro atoms. The van der Waals surface area contributed by atoms with Crippen LogP contribution in [0.25, 0.3) is 0 Å². The van der Waals surface area contributed by atoms with Gasteiger partial charge in [-0.3, -0.25) is 4.90 Å². The van der Waals surface area contributed by atoms with Crippen LogP contribution in [-0.2, 0) is 13.1 Å². The van der Waals surface area contributed by atoms with Crippen LogP contribution in [-0.4, -0.2) is 21.4 Å². The van der Waals surface area contributed by atoms with Gasteiger partial charge in [0.25, 0.3) is 0 Å². The van der Waals surface area contributed by atoms with Crippen molar-refractivity contribution in [1.29, 1.82) is 0 Å². The Kier molecular flexibility index (Phi) is 3.49. The normalized spacial score (nSPS) is 19.2. The van der Waals surface area contributed by atoms with Crippen LogP contribution in [0.4, 0.5) is 0 Å². The smallest absolute Gasteiger partial charge is 0.222 e. The molecule has 0 saturated carbocycles. The summed E-state index contributed by atoms with van der Waals surface area (Å²) >= 11 is 5.87. The van der Waals surface area contributed by atoms with Crippen molar-refractivity contribution in [3.8, 4) is 0 Å². The van der Waals surface area contributed by atoms with Crippen LogP contribution < -0.4 is 0 Å². The number of rotatable bonds is 2. The van der Waals surface area contributed by atoms with Crippen LogP contribution in [0, 0.1) is 0 Å². The molecule has 3 rings (SSSR count). The van der Waals surface area contributed by atoms with E-state index in [4.69, 9.17) is 11.6 Å². The molecule has 2 aromatic rings. The first-order valence-electron chi connectivity index (χ1n) is 6.50. The predicted molar refractivity (Wildman–Crippen MR) is 76.0 cm³/mol. The zero-order valence-electron chi connectivity index (χ0n) is 10.9. The molecule has 0 saturated heterocycles. The molecule has 0 aliphatic carbocycles. The maximum atomic E-state index is 5.87. The highest BCUT2D eigenvalue weighted by molar-refractivity contribution is 6.28. The maximum absolute atomic E-state index is 5.87. The minimum absolute atomic E-state index is 0.349. The first kappa shape index (κ1) is 12.6. The van der Waals surface area contributed by atoms with Gasteiger partial charge in [-0.1, -0.05) is 37.3 Å². The molecule has 0 N–H and O–H groups in total. The standard InChI is InChI=1S/C15H16ClN3/c1-11-8-19(9-12-5-3-2-4-6-12)10-13-7-17-15(16)18-14(11)13/h2-7,11H,8-10H2,1H3. The summed E-state index contributed by atoms with van der Waals surface area (Å²) in [7, 11) is 0. The molecule has 1 aliphatic rings.